The quantitative estimate of drug-likeness (QED) is 0.713. The van der Waals surface area contributed by atoms with Crippen molar-refractivity contribution in [2.75, 3.05) is 13.2 Å². The number of aliphatic hydroxyl groups excluding tert-OH is 3. The van der Waals surface area contributed by atoms with Gasteiger partial charge in [0.25, 0.3) is 0 Å². The van der Waals surface area contributed by atoms with Crippen LogP contribution in [0, 0.1) is 0 Å². The molecule has 0 aromatic rings. The van der Waals surface area contributed by atoms with E-state index in [0.717, 1.165) is 12.8 Å². The summed E-state index contributed by atoms with van der Waals surface area (Å²) in [7, 11) is 0. The van der Waals surface area contributed by atoms with E-state index in [1.165, 1.54) is 5.57 Å². The van der Waals surface area contributed by atoms with Crippen LogP contribution < -0.4 is 0 Å². The van der Waals surface area contributed by atoms with Gasteiger partial charge in [0, 0.05) is 12.8 Å². The van der Waals surface area contributed by atoms with Crippen molar-refractivity contribution in [3.05, 3.63) is 35.6 Å². The molecule has 0 saturated carbocycles. The van der Waals surface area contributed by atoms with Crippen molar-refractivity contribution in [3.8, 4) is 0 Å². The second-order valence-electron chi connectivity index (χ2n) is 5.14. The van der Waals surface area contributed by atoms with Gasteiger partial charge in [0.05, 0.1) is 25.4 Å². The van der Waals surface area contributed by atoms with Gasteiger partial charge in [0.1, 0.15) is 5.76 Å². The number of hydrogen-bond donors (Lipinski definition) is 3. The normalized spacial score (nSPS) is 30.6. The van der Waals surface area contributed by atoms with Crippen molar-refractivity contribution >= 4 is 0 Å². The molecule has 0 radical (unpaired) electrons. The van der Waals surface area contributed by atoms with E-state index < -0.39 is 12.4 Å². The average molecular weight is 282 g/mol. The molecule has 1 saturated heterocycles. The molecule has 2 aliphatic rings. The minimum absolute atomic E-state index is 0.100. The molecule has 3 N–H and O–H groups in total. The molecule has 1 aliphatic heterocycles. The van der Waals surface area contributed by atoms with Gasteiger partial charge >= 0.3 is 0 Å². The zero-order valence-corrected chi connectivity index (χ0v) is 11.4. The topological polar surface area (TPSA) is 79.2 Å². The molecule has 0 aromatic carbocycles. The molecule has 20 heavy (non-hydrogen) atoms. The van der Waals surface area contributed by atoms with E-state index in [4.69, 9.17) is 14.6 Å². The highest BCUT2D eigenvalue weighted by Crippen LogP contribution is 2.21. The zero-order valence-electron chi connectivity index (χ0n) is 11.4. The van der Waals surface area contributed by atoms with Crippen LogP contribution in [0.1, 0.15) is 25.7 Å². The van der Waals surface area contributed by atoms with Crippen LogP contribution >= 0.6 is 0 Å². The van der Waals surface area contributed by atoms with Crippen LogP contribution in [0.15, 0.2) is 35.6 Å². The van der Waals surface area contributed by atoms with Gasteiger partial charge in [-0.15, -0.1) is 0 Å². The highest BCUT2D eigenvalue weighted by atomic mass is 16.7. The summed E-state index contributed by atoms with van der Waals surface area (Å²) in [5, 5.41) is 28.1. The second-order valence-corrected chi connectivity index (χ2v) is 5.14. The maximum Gasteiger partial charge on any atom is 0.160 e. The summed E-state index contributed by atoms with van der Waals surface area (Å²) in [6, 6.07) is 0. The molecule has 0 bridgehead atoms. The molecule has 1 fully saturated rings. The van der Waals surface area contributed by atoms with Crippen LogP contribution in [0.2, 0.25) is 0 Å². The molecule has 5 nitrogen and oxygen atoms in total. The van der Waals surface area contributed by atoms with E-state index in [0.29, 0.717) is 19.4 Å². The number of allylic oxidation sites excluding steroid dienone is 4. The first kappa shape index (κ1) is 15.3. The van der Waals surface area contributed by atoms with Crippen molar-refractivity contribution in [3.63, 3.8) is 0 Å². The van der Waals surface area contributed by atoms with E-state index in [9.17, 15) is 10.2 Å². The first-order valence-electron chi connectivity index (χ1n) is 6.98. The standard InChI is InChI=1S/C15H22O5/c16-10-14-8-13(18)9-15(20-14)19-7-6-11-2-1-3-12(17)5-4-11/h1,3-5,13-18H,2,6-10H2. The Bertz CT molecular complexity index is 399. The minimum atomic E-state index is -0.481. The Morgan fingerprint density at radius 3 is 2.95 bits per heavy atom. The molecular weight excluding hydrogens is 260 g/mol. The van der Waals surface area contributed by atoms with E-state index in [-0.39, 0.29) is 18.5 Å². The predicted molar refractivity (Wildman–Crippen MR) is 74.1 cm³/mol. The maximum absolute atomic E-state index is 9.67. The van der Waals surface area contributed by atoms with Crippen LogP contribution in [-0.4, -0.2) is 47.0 Å². The highest BCUT2D eigenvalue weighted by molar-refractivity contribution is 5.26. The van der Waals surface area contributed by atoms with Crippen LogP contribution in [0.4, 0.5) is 0 Å². The third-order valence-corrected chi connectivity index (χ3v) is 3.43. The SMILES string of the molecule is OCC1CC(O)CC(OCCC2=CC=C(O)C=CC2)O1. The summed E-state index contributed by atoms with van der Waals surface area (Å²) in [5.41, 5.74) is 1.17. The van der Waals surface area contributed by atoms with Gasteiger partial charge < -0.3 is 24.8 Å². The van der Waals surface area contributed by atoms with E-state index in [1.807, 2.05) is 12.2 Å². The highest BCUT2D eigenvalue weighted by Gasteiger charge is 2.28. The fourth-order valence-electron chi connectivity index (χ4n) is 2.34. The minimum Gasteiger partial charge on any atom is -0.508 e. The Balaban J connectivity index is 1.74. The summed E-state index contributed by atoms with van der Waals surface area (Å²) in [6.07, 6.45) is 8.30. The number of rotatable bonds is 5. The fourth-order valence-corrected chi connectivity index (χ4v) is 2.34. The Labute approximate surface area is 118 Å². The number of hydrogen-bond acceptors (Lipinski definition) is 5. The molecule has 0 aromatic heterocycles. The third-order valence-electron chi connectivity index (χ3n) is 3.43. The Morgan fingerprint density at radius 1 is 1.30 bits per heavy atom. The first-order valence-corrected chi connectivity index (χ1v) is 6.98. The molecular formula is C15H22O5. The molecule has 1 heterocycles. The number of aliphatic hydroxyl groups is 3. The molecule has 2 rings (SSSR count). The smallest absolute Gasteiger partial charge is 0.160 e. The molecule has 3 unspecified atom stereocenters. The Kier molecular flexibility index (Phi) is 5.79. The van der Waals surface area contributed by atoms with Gasteiger partial charge in [-0.25, -0.2) is 0 Å². The van der Waals surface area contributed by atoms with Crippen molar-refractivity contribution in [2.45, 2.75) is 44.2 Å². The van der Waals surface area contributed by atoms with Gasteiger partial charge in [-0.2, -0.15) is 0 Å². The van der Waals surface area contributed by atoms with Crippen molar-refractivity contribution in [2.24, 2.45) is 0 Å². The van der Waals surface area contributed by atoms with E-state index in [2.05, 4.69) is 0 Å². The van der Waals surface area contributed by atoms with Crippen LogP contribution in [-0.2, 0) is 9.47 Å². The molecule has 112 valence electrons. The monoisotopic (exact) mass is 282 g/mol. The third kappa shape index (κ3) is 4.76. The number of ether oxygens (including phenoxy) is 2. The predicted octanol–water partition coefficient (Wildman–Crippen LogP) is 1.58. The largest absolute Gasteiger partial charge is 0.508 e. The summed E-state index contributed by atoms with van der Waals surface area (Å²) >= 11 is 0. The van der Waals surface area contributed by atoms with Gasteiger partial charge in [-0.1, -0.05) is 17.7 Å². The average Bonchev–Trinajstić information content (AvgIpc) is 2.63. The molecule has 5 heteroatoms. The Morgan fingerprint density at radius 2 is 2.15 bits per heavy atom. The lowest BCUT2D eigenvalue weighted by Crippen LogP contribution is -2.39. The van der Waals surface area contributed by atoms with Crippen molar-refractivity contribution in [1.82, 2.24) is 0 Å². The van der Waals surface area contributed by atoms with E-state index in [1.54, 1.807) is 12.2 Å². The summed E-state index contributed by atoms with van der Waals surface area (Å²) in [5.74, 6) is 0.255. The lowest BCUT2D eigenvalue weighted by molar-refractivity contribution is -0.221. The lowest BCUT2D eigenvalue weighted by atomic mass is 10.1. The van der Waals surface area contributed by atoms with Gasteiger partial charge in [0.15, 0.2) is 6.29 Å². The van der Waals surface area contributed by atoms with E-state index >= 15 is 0 Å². The van der Waals surface area contributed by atoms with Crippen molar-refractivity contribution in [1.29, 1.82) is 0 Å². The fraction of sp³-hybridized carbons (Fsp3) is 0.600. The van der Waals surface area contributed by atoms with Crippen molar-refractivity contribution < 1.29 is 24.8 Å². The lowest BCUT2D eigenvalue weighted by Gasteiger charge is -2.32. The molecule has 3 atom stereocenters. The molecule has 0 amide bonds. The van der Waals surface area contributed by atoms with Crippen LogP contribution in [0.5, 0.6) is 0 Å². The maximum atomic E-state index is 9.67. The van der Waals surface area contributed by atoms with Gasteiger partial charge in [0.2, 0.25) is 0 Å². The first-order chi connectivity index (χ1) is 9.67. The Hall–Kier alpha value is -1.14. The summed E-state index contributed by atoms with van der Waals surface area (Å²) in [4.78, 5) is 0. The van der Waals surface area contributed by atoms with Gasteiger partial charge in [-0.05, 0) is 25.0 Å². The molecule has 1 aliphatic carbocycles. The van der Waals surface area contributed by atoms with Crippen LogP contribution in [0.25, 0.3) is 0 Å². The second kappa shape index (κ2) is 7.59. The summed E-state index contributed by atoms with van der Waals surface area (Å²) in [6.45, 7) is 0.390. The van der Waals surface area contributed by atoms with Gasteiger partial charge in [-0.3, -0.25) is 0 Å². The molecule has 0 spiro atoms. The van der Waals surface area contributed by atoms with Crippen LogP contribution in [0.3, 0.4) is 0 Å². The zero-order chi connectivity index (χ0) is 14.4. The summed E-state index contributed by atoms with van der Waals surface area (Å²) < 4.78 is 11.1.